The SMILES string of the molecule is COc1ncccc1C(=O)CCC1CC1. The zero-order valence-corrected chi connectivity index (χ0v) is 8.90. The molecule has 0 aliphatic heterocycles. The van der Waals surface area contributed by atoms with E-state index in [-0.39, 0.29) is 5.78 Å². The Morgan fingerprint density at radius 2 is 2.40 bits per heavy atom. The molecule has 1 aromatic heterocycles. The summed E-state index contributed by atoms with van der Waals surface area (Å²) in [6, 6.07) is 3.55. The van der Waals surface area contributed by atoms with Crippen molar-refractivity contribution in [1.82, 2.24) is 4.98 Å². The van der Waals surface area contributed by atoms with Gasteiger partial charge in [0, 0.05) is 12.6 Å². The molecular weight excluding hydrogens is 190 g/mol. The zero-order valence-electron chi connectivity index (χ0n) is 8.90. The van der Waals surface area contributed by atoms with Crippen molar-refractivity contribution in [1.29, 1.82) is 0 Å². The van der Waals surface area contributed by atoms with Crippen LogP contribution in [-0.2, 0) is 0 Å². The van der Waals surface area contributed by atoms with Crippen LogP contribution >= 0.6 is 0 Å². The standard InChI is InChI=1S/C12H15NO2/c1-15-12-10(3-2-8-13-12)11(14)7-6-9-4-5-9/h2-3,8-9H,4-7H2,1H3. The maximum atomic E-state index is 11.8. The van der Waals surface area contributed by atoms with Gasteiger partial charge in [0.2, 0.25) is 5.88 Å². The van der Waals surface area contributed by atoms with Crippen molar-refractivity contribution >= 4 is 5.78 Å². The first-order valence-electron chi connectivity index (χ1n) is 5.33. The lowest BCUT2D eigenvalue weighted by atomic mass is 10.1. The number of carbonyl (C=O) groups excluding carboxylic acids is 1. The average molecular weight is 205 g/mol. The Hall–Kier alpha value is -1.38. The molecule has 80 valence electrons. The number of methoxy groups -OCH3 is 1. The van der Waals surface area contributed by atoms with E-state index < -0.39 is 0 Å². The largest absolute Gasteiger partial charge is 0.480 e. The monoisotopic (exact) mass is 205 g/mol. The summed E-state index contributed by atoms with van der Waals surface area (Å²) in [6.07, 6.45) is 5.84. The minimum Gasteiger partial charge on any atom is -0.480 e. The van der Waals surface area contributed by atoms with Crippen molar-refractivity contribution < 1.29 is 9.53 Å². The molecule has 2 rings (SSSR count). The third-order valence-electron chi connectivity index (χ3n) is 2.74. The number of aromatic nitrogens is 1. The van der Waals surface area contributed by atoms with Crippen molar-refractivity contribution in [2.24, 2.45) is 5.92 Å². The number of rotatable bonds is 5. The molecule has 1 aliphatic carbocycles. The minimum atomic E-state index is 0.145. The van der Waals surface area contributed by atoms with Crippen LogP contribution in [0.2, 0.25) is 0 Å². The molecule has 1 saturated carbocycles. The molecule has 3 nitrogen and oxygen atoms in total. The van der Waals surface area contributed by atoms with Crippen molar-refractivity contribution in [3.05, 3.63) is 23.9 Å². The average Bonchev–Trinajstić information content (AvgIpc) is 3.09. The summed E-state index contributed by atoms with van der Waals surface area (Å²) in [5, 5.41) is 0. The molecule has 15 heavy (non-hydrogen) atoms. The second-order valence-electron chi connectivity index (χ2n) is 3.97. The van der Waals surface area contributed by atoms with Crippen molar-refractivity contribution in [3.63, 3.8) is 0 Å². The predicted octanol–water partition coefficient (Wildman–Crippen LogP) is 2.46. The molecule has 0 bridgehead atoms. The second kappa shape index (κ2) is 4.43. The first kappa shape index (κ1) is 10.1. The smallest absolute Gasteiger partial charge is 0.224 e. The minimum absolute atomic E-state index is 0.145. The summed E-state index contributed by atoms with van der Waals surface area (Å²) in [4.78, 5) is 15.9. The summed E-state index contributed by atoms with van der Waals surface area (Å²) in [7, 11) is 1.54. The maximum Gasteiger partial charge on any atom is 0.224 e. The first-order valence-corrected chi connectivity index (χ1v) is 5.33. The Morgan fingerprint density at radius 1 is 1.60 bits per heavy atom. The molecule has 0 spiro atoms. The molecule has 0 saturated heterocycles. The molecule has 1 aliphatic rings. The Morgan fingerprint density at radius 3 is 3.07 bits per heavy atom. The topological polar surface area (TPSA) is 39.2 Å². The molecule has 0 N–H and O–H groups in total. The van der Waals surface area contributed by atoms with Gasteiger partial charge in [-0.2, -0.15) is 0 Å². The van der Waals surface area contributed by atoms with Crippen LogP contribution in [0, 0.1) is 5.92 Å². The highest BCUT2D eigenvalue weighted by Crippen LogP contribution is 2.34. The van der Waals surface area contributed by atoms with E-state index in [0.717, 1.165) is 12.3 Å². The lowest BCUT2D eigenvalue weighted by Gasteiger charge is -2.05. The maximum absolute atomic E-state index is 11.8. The van der Waals surface area contributed by atoms with Gasteiger partial charge in [-0.25, -0.2) is 4.98 Å². The van der Waals surface area contributed by atoms with E-state index in [0.29, 0.717) is 17.9 Å². The van der Waals surface area contributed by atoms with Crippen molar-refractivity contribution in [2.75, 3.05) is 7.11 Å². The van der Waals surface area contributed by atoms with E-state index in [4.69, 9.17) is 4.74 Å². The lowest BCUT2D eigenvalue weighted by Crippen LogP contribution is -2.03. The molecule has 0 radical (unpaired) electrons. The molecule has 0 unspecified atom stereocenters. The van der Waals surface area contributed by atoms with Gasteiger partial charge in [0.05, 0.1) is 12.7 Å². The third-order valence-corrected chi connectivity index (χ3v) is 2.74. The molecule has 0 aromatic carbocycles. The van der Waals surface area contributed by atoms with Gasteiger partial charge in [-0.15, -0.1) is 0 Å². The van der Waals surface area contributed by atoms with Crippen LogP contribution in [-0.4, -0.2) is 17.9 Å². The van der Waals surface area contributed by atoms with E-state index in [9.17, 15) is 4.79 Å². The van der Waals surface area contributed by atoms with Crippen LogP contribution < -0.4 is 4.74 Å². The van der Waals surface area contributed by atoms with Gasteiger partial charge in [0.1, 0.15) is 0 Å². The van der Waals surface area contributed by atoms with E-state index in [1.54, 1.807) is 25.4 Å². The lowest BCUT2D eigenvalue weighted by molar-refractivity contribution is 0.0974. The fourth-order valence-electron chi connectivity index (χ4n) is 1.64. The molecule has 1 aromatic rings. The Kier molecular flexibility index (Phi) is 2.99. The number of hydrogen-bond donors (Lipinski definition) is 0. The first-order chi connectivity index (χ1) is 7.31. The molecule has 0 amide bonds. The van der Waals surface area contributed by atoms with E-state index >= 15 is 0 Å². The van der Waals surface area contributed by atoms with Crippen molar-refractivity contribution in [2.45, 2.75) is 25.7 Å². The predicted molar refractivity (Wildman–Crippen MR) is 57.1 cm³/mol. The Labute approximate surface area is 89.5 Å². The summed E-state index contributed by atoms with van der Waals surface area (Å²) in [6.45, 7) is 0. The summed E-state index contributed by atoms with van der Waals surface area (Å²) >= 11 is 0. The van der Waals surface area contributed by atoms with E-state index in [2.05, 4.69) is 4.98 Å². The Balaban J connectivity index is 2.02. The number of pyridine rings is 1. The van der Waals surface area contributed by atoms with Crippen LogP contribution in [0.15, 0.2) is 18.3 Å². The molecule has 0 atom stereocenters. The highest BCUT2D eigenvalue weighted by atomic mass is 16.5. The van der Waals surface area contributed by atoms with Crippen LogP contribution in [0.3, 0.4) is 0 Å². The molecule has 1 heterocycles. The van der Waals surface area contributed by atoms with Gasteiger partial charge in [0.25, 0.3) is 0 Å². The third kappa shape index (κ3) is 2.55. The number of Topliss-reactive ketones (excluding diaryl/α,β-unsaturated/α-hetero) is 1. The summed E-state index contributed by atoms with van der Waals surface area (Å²) in [5.41, 5.74) is 0.612. The normalized spacial score (nSPS) is 15.0. The van der Waals surface area contributed by atoms with Gasteiger partial charge < -0.3 is 4.74 Å². The number of carbonyl (C=O) groups is 1. The van der Waals surface area contributed by atoms with Crippen LogP contribution in [0.5, 0.6) is 5.88 Å². The molecule has 1 fully saturated rings. The molecular formula is C12H15NO2. The van der Waals surface area contributed by atoms with E-state index in [1.807, 2.05) is 0 Å². The van der Waals surface area contributed by atoms with Gasteiger partial charge in [-0.1, -0.05) is 12.8 Å². The van der Waals surface area contributed by atoms with Gasteiger partial charge in [-0.3, -0.25) is 4.79 Å². The number of ether oxygens (including phenoxy) is 1. The van der Waals surface area contributed by atoms with Crippen LogP contribution in [0.25, 0.3) is 0 Å². The Bertz CT molecular complexity index is 358. The highest BCUT2D eigenvalue weighted by molar-refractivity contribution is 5.98. The number of nitrogens with zero attached hydrogens (tertiary/aromatic N) is 1. The summed E-state index contributed by atoms with van der Waals surface area (Å²) < 4.78 is 5.06. The fraction of sp³-hybridized carbons (Fsp3) is 0.500. The van der Waals surface area contributed by atoms with Gasteiger partial charge in [0.15, 0.2) is 5.78 Å². The highest BCUT2D eigenvalue weighted by Gasteiger charge is 2.23. The van der Waals surface area contributed by atoms with E-state index in [1.165, 1.54) is 12.8 Å². The van der Waals surface area contributed by atoms with Crippen LogP contribution in [0.4, 0.5) is 0 Å². The van der Waals surface area contributed by atoms with Crippen molar-refractivity contribution in [3.8, 4) is 5.88 Å². The fourth-order valence-corrected chi connectivity index (χ4v) is 1.64. The van der Waals surface area contributed by atoms with Gasteiger partial charge in [-0.05, 0) is 24.5 Å². The number of hydrogen-bond acceptors (Lipinski definition) is 3. The second-order valence-corrected chi connectivity index (χ2v) is 3.97. The number of ketones is 1. The summed E-state index contributed by atoms with van der Waals surface area (Å²) in [5.74, 6) is 1.38. The van der Waals surface area contributed by atoms with Gasteiger partial charge >= 0.3 is 0 Å². The van der Waals surface area contributed by atoms with Crippen LogP contribution in [0.1, 0.15) is 36.0 Å². The quantitative estimate of drug-likeness (QED) is 0.693. The molecule has 3 heteroatoms. The zero-order chi connectivity index (χ0) is 10.7.